The van der Waals surface area contributed by atoms with Crippen LogP contribution >= 0.6 is 11.6 Å². The Balaban J connectivity index is 1.66. The lowest BCUT2D eigenvalue weighted by atomic mass is 10.1. The molecule has 31 heavy (non-hydrogen) atoms. The minimum atomic E-state index is -3.93. The monoisotopic (exact) mass is 456 g/mol. The maximum absolute atomic E-state index is 13.4. The number of fused-ring (bicyclic) bond motifs is 1. The molecule has 3 aromatic carbocycles. The molecule has 1 amide bonds. The second kappa shape index (κ2) is 8.61. The number of carbonyl (C=O) groups excluding carboxylic acids is 1. The molecule has 1 atom stereocenters. The van der Waals surface area contributed by atoms with Gasteiger partial charge in [-0.2, -0.15) is 0 Å². The molecule has 160 valence electrons. The highest BCUT2D eigenvalue weighted by Crippen LogP contribution is 2.39. The average Bonchev–Trinajstić information content (AvgIpc) is 2.79. The molecule has 0 radical (unpaired) electrons. The van der Waals surface area contributed by atoms with Gasteiger partial charge in [0.05, 0.1) is 17.1 Å². The van der Waals surface area contributed by atoms with Crippen molar-refractivity contribution in [3.8, 4) is 5.75 Å². The third kappa shape index (κ3) is 4.38. The van der Waals surface area contributed by atoms with Gasteiger partial charge in [-0.25, -0.2) is 8.42 Å². The predicted octanol–water partition coefficient (Wildman–Crippen LogP) is 4.50. The molecule has 0 aromatic heterocycles. The summed E-state index contributed by atoms with van der Waals surface area (Å²) >= 11 is 6.11. The summed E-state index contributed by atoms with van der Waals surface area (Å²) in [6, 6.07) is 20.2. The molecule has 6 nitrogen and oxygen atoms in total. The summed E-state index contributed by atoms with van der Waals surface area (Å²) in [6.07, 6.45) is -0.135. The van der Waals surface area contributed by atoms with Gasteiger partial charge in [-0.3, -0.25) is 9.10 Å². The maximum Gasteiger partial charge on any atom is 0.267 e. The van der Waals surface area contributed by atoms with Crippen LogP contribution in [0.4, 0.5) is 11.4 Å². The molecule has 0 bridgehead atoms. The summed E-state index contributed by atoms with van der Waals surface area (Å²) in [6.45, 7) is 1.87. The number of amides is 1. The van der Waals surface area contributed by atoms with E-state index in [1.807, 2.05) is 24.3 Å². The molecule has 4 rings (SSSR count). The number of hydrogen-bond acceptors (Lipinski definition) is 4. The fourth-order valence-electron chi connectivity index (χ4n) is 3.35. The van der Waals surface area contributed by atoms with Crippen LogP contribution in [0, 0.1) is 0 Å². The quantitative estimate of drug-likeness (QED) is 0.613. The highest BCUT2D eigenvalue weighted by atomic mass is 35.5. The van der Waals surface area contributed by atoms with Gasteiger partial charge in [0.1, 0.15) is 5.75 Å². The van der Waals surface area contributed by atoms with Crippen molar-refractivity contribution in [3.05, 3.63) is 83.4 Å². The van der Waals surface area contributed by atoms with E-state index in [0.717, 1.165) is 12.0 Å². The molecule has 1 heterocycles. The van der Waals surface area contributed by atoms with Crippen LogP contribution in [0.25, 0.3) is 0 Å². The van der Waals surface area contributed by atoms with E-state index < -0.39 is 22.0 Å². The normalized spacial score (nSPS) is 15.7. The fraction of sp³-hybridized carbons (Fsp3) is 0.174. The minimum absolute atomic E-state index is 0.122. The summed E-state index contributed by atoms with van der Waals surface area (Å²) in [4.78, 5) is 13.0. The molecule has 1 aliphatic rings. The molecule has 0 saturated heterocycles. The van der Waals surface area contributed by atoms with Gasteiger partial charge in [0.2, 0.25) is 0 Å². The third-order valence-corrected chi connectivity index (χ3v) is 7.07. The Kier molecular flexibility index (Phi) is 5.89. The van der Waals surface area contributed by atoms with Gasteiger partial charge in [-0.1, -0.05) is 48.9 Å². The van der Waals surface area contributed by atoms with Crippen LogP contribution in [0.2, 0.25) is 5.02 Å². The van der Waals surface area contributed by atoms with Gasteiger partial charge in [-0.05, 0) is 54.4 Å². The van der Waals surface area contributed by atoms with Gasteiger partial charge in [-0.15, -0.1) is 0 Å². The van der Waals surface area contributed by atoms with E-state index in [4.69, 9.17) is 16.3 Å². The first-order valence-electron chi connectivity index (χ1n) is 9.82. The SMILES string of the molecule is CCc1ccc(NC(=O)[C@H]2CN(S(=O)(=O)c3ccccc3)c3cc(Cl)ccc3O2)cc1. The number of halogens is 1. The van der Waals surface area contributed by atoms with Crippen molar-refractivity contribution >= 4 is 38.9 Å². The highest BCUT2D eigenvalue weighted by Gasteiger charge is 2.37. The standard InChI is InChI=1S/C23H21ClN2O4S/c1-2-16-8-11-18(12-9-16)25-23(27)22-15-26(20-14-17(24)10-13-21(20)30-22)31(28,29)19-6-4-3-5-7-19/h3-14,22H,2,15H2,1H3,(H,25,27)/t22-/m1/s1. The molecule has 0 spiro atoms. The first-order chi connectivity index (χ1) is 14.9. The number of anilines is 2. The van der Waals surface area contributed by atoms with Crippen LogP contribution in [-0.4, -0.2) is 27.0 Å². The van der Waals surface area contributed by atoms with E-state index in [-0.39, 0.29) is 17.2 Å². The van der Waals surface area contributed by atoms with Crippen molar-refractivity contribution in [1.82, 2.24) is 0 Å². The molecule has 8 heteroatoms. The van der Waals surface area contributed by atoms with Crippen LogP contribution in [-0.2, 0) is 21.2 Å². The van der Waals surface area contributed by atoms with Crippen molar-refractivity contribution in [2.45, 2.75) is 24.3 Å². The van der Waals surface area contributed by atoms with Crippen molar-refractivity contribution < 1.29 is 17.9 Å². The van der Waals surface area contributed by atoms with Gasteiger partial charge >= 0.3 is 0 Å². The van der Waals surface area contributed by atoms with Gasteiger partial charge in [0, 0.05) is 10.7 Å². The van der Waals surface area contributed by atoms with E-state index >= 15 is 0 Å². The van der Waals surface area contributed by atoms with Gasteiger partial charge in [0.15, 0.2) is 6.10 Å². The molecule has 0 saturated carbocycles. The Morgan fingerprint density at radius 3 is 2.48 bits per heavy atom. The number of aryl methyl sites for hydroxylation is 1. The molecule has 1 N–H and O–H groups in total. The Hall–Kier alpha value is -3.03. The molecule has 1 aliphatic heterocycles. The number of benzene rings is 3. The first kappa shape index (κ1) is 21.2. The second-order valence-electron chi connectivity index (χ2n) is 7.11. The summed E-state index contributed by atoms with van der Waals surface area (Å²) < 4.78 is 33.7. The number of hydrogen-bond donors (Lipinski definition) is 1. The van der Waals surface area contributed by atoms with Crippen LogP contribution in [0.15, 0.2) is 77.7 Å². The smallest absolute Gasteiger partial charge is 0.267 e. The van der Waals surface area contributed by atoms with Gasteiger partial charge in [0.25, 0.3) is 15.9 Å². The lowest BCUT2D eigenvalue weighted by Gasteiger charge is -2.34. The van der Waals surface area contributed by atoms with E-state index in [1.54, 1.807) is 30.3 Å². The van der Waals surface area contributed by atoms with Crippen molar-refractivity contribution in [2.75, 3.05) is 16.2 Å². The summed E-state index contributed by atoms with van der Waals surface area (Å²) in [5.74, 6) is -0.158. The number of sulfonamides is 1. The van der Waals surface area contributed by atoms with Crippen LogP contribution in [0.3, 0.4) is 0 Å². The topological polar surface area (TPSA) is 75.7 Å². The zero-order chi connectivity index (χ0) is 22.0. The Labute approximate surface area is 186 Å². The van der Waals surface area contributed by atoms with Crippen LogP contribution < -0.4 is 14.4 Å². The lowest BCUT2D eigenvalue weighted by Crippen LogP contribution is -2.48. The van der Waals surface area contributed by atoms with Crippen LogP contribution in [0.1, 0.15) is 12.5 Å². The largest absolute Gasteiger partial charge is 0.476 e. The molecule has 0 aliphatic carbocycles. The molecule has 3 aromatic rings. The Morgan fingerprint density at radius 2 is 1.81 bits per heavy atom. The Bertz CT molecular complexity index is 1200. The average molecular weight is 457 g/mol. The van der Waals surface area contributed by atoms with E-state index in [2.05, 4.69) is 12.2 Å². The maximum atomic E-state index is 13.4. The second-order valence-corrected chi connectivity index (χ2v) is 9.41. The Morgan fingerprint density at radius 1 is 1.10 bits per heavy atom. The first-order valence-corrected chi connectivity index (χ1v) is 11.6. The third-order valence-electron chi connectivity index (χ3n) is 5.04. The van der Waals surface area contributed by atoms with Crippen molar-refractivity contribution in [2.24, 2.45) is 0 Å². The van der Waals surface area contributed by atoms with E-state index in [0.29, 0.717) is 16.4 Å². The van der Waals surface area contributed by atoms with E-state index in [9.17, 15) is 13.2 Å². The summed E-state index contributed by atoms with van der Waals surface area (Å²) in [5.41, 5.74) is 2.07. The van der Waals surface area contributed by atoms with Gasteiger partial charge < -0.3 is 10.1 Å². The molecule has 0 fully saturated rings. The van der Waals surface area contributed by atoms with Crippen molar-refractivity contribution in [3.63, 3.8) is 0 Å². The molecule has 0 unspecified atom stereocenters. The predicted molar refractivity (Wildman–Crippen MR) is 121 cm³/mol. The fourth-order valence-corrected chi connectivity index (χ4v) is 5.01. The number of ether oxygens (including phenoxy) is 1. The number of nitrogens with one attached hydrogen (secondary N) is 1. The van der Waals surface area contributed by atoms with E-state index in [1.165, 1.54) is 22.5 Å². The summed E-state index contributed by atoms with van der Waals surface area (Å²) in [7, 11) is -3.93. The molecular formula is C23H21ClN2O4S. The number of rotatable bonds is 5. The number of nitrogens with zero attached hydrogens (tertiary/aromatic N) is 1. The number of carbonyl (C=O) groups is 1. The zero-order valence-electron chi connectivity index (χ0n) is 16.8. The molecular weight excluding hydrogens is 436 g/mol. The van der Waals surface area contributed by atoms with Crippen molar-refractivity contribution in [1.29, 1.82) is 0 Å². The summed E-state index contributed by atoms with van der Waals surface area (Å²) in [5, 5.41) is 3.18. The minimum Gasteiger partial charge on any atom is -0.476 e. The zero-order valence-corrected chi connectivity index (χ0v) is 18.4. The lowest BCUT2D eigenvalue weighted by molar-refractivity contribution is -0.122. The highest BCUT2D eigenvalue weighted by molar-refractivity contribution is 7.92. The van der Waals surface area contributed by atoms with Crippen LogP contribution in [0.5, 0.6) is 5.75 Å².